The fourth-order valence-corrected chi connectivity index (χ4v) is 1.26. The van der Waals surface area contributed by atoms with E-state index in [1.807, 2.05) is 26.0 Å². The van der Waals surface area contributed by atoms with Crippen LogP contribution in [0, 0.1) is 32.3 Å². The van der Waals surface area contributed by atoms with Gasteiger partial charge in [0, 0.05) is 0 Å². The van der Waals surface area contributed by atoms with Crippen molar-refractivity contribution in [3.63, 3.8) is 0 Å². The highest BCUT2D eigenvalue weighted by molar-refractivity contribution is 5.37. The molecule has 1 aromatic rings. The molecule has 12 heavy (non-hydrogen) atoms. The minimum atomic E-state index is -0.803. The molecule has 0 amide bonds. The van der Waals surface area contributed by atoms with Crippen LogP contribution >= 0.6 is 0 Å². The summed E-state index contributed by atoms with van der Waals surface area (Å²) in [7, 11) is 0. The Morgan fingerprint density at radius 2 is 2.25 bits per heavy atom. The van der Waals surface area contributed by atoms with Crippen LogP contribution in [0.3, 0.4) is 0 Å². The van der Waals surface area contributed by atoms with Crippen molar-refractivity contribution in [2.24, 2.45) is 0 Å². The van der Waals surface area contributed by atoms with Crippen molar-refractivity contribution in [1.29, 1.82) is 0 Å². The lowest BCUT2D eigenvalue weighted by molar-refractivity contribution is 0.237. The monoisotopic (exact) mass is 159 g/mol. The Hall–Kier alpha value is -1.26. The van der Waals surface area contributed by atoms with Crippen molar-refractivity contribution in [3.8, 4) is 12.3 Å². The Morgan fingerprint density at radius 1 is 1.58 bits per heavy atom. The maximum atomic E-state index is 9.43. The number of hydrogen-bond acceptors (Lipinski definition) is 1. The summed E-state index contributed by atoms with van der Waals surface area (Å²) in [4.78, 5) is 0. The summed E-state index contributed by atoms with van der Waals surface area (Å²) >= 11 is 0. The zero-order chi connectivity index (χ0) is 9.14. The Bertz CT molecular complexity index is 300. The molecule has 1 heteroatoms. The molecule has 1 radical (unpaired) electrons. The lowest BCUT2D eigenvalue weighted by atomic mass is 9.98. The van der Waals surface area contributed by atoms with Crippen LogP contribution in [0.15, 0.2) is 12.1 Å². The number of aliphatic hydroxyl groups is 1. The zero-order valence-electron chi connectivity index (χ0n) is 7.26. The van der Waals surface area contributed by atoms with E-state index >= 15 is 0 Å². The van der Waals surface area contributed by atoms with Gasteiger partial charge in [0.05, 0.1) is 0 Å². The van der Waals surface area contributed by atoms with Crippen molar-refractivity contribution >= 4 is 0 Å². The molecule has 0 aliphatic rings. The van der Waals surface area contributed by atoms with E-state index in [1.54, 1.807) is 0 Å². The fraction of sp³-hybridized carbons (Fsp3) is 0.273. The van der Waals surface area contributed by atoms with Crippen LogP contribution in [0.4, 0.5) is 0 Å². The number of terminal acetylenes is 1. The standard InChI is InChI=1S/C11H11O/c1-4-10(12)11-8(2)6-5-7-9(11)3/h1,5-6,10,12H,2-3H3. The molecule has 1 rings (SSSR count). The van der Waals surface area contributed by atoms with Crippen LogP contribution in [-0.4, -0.2) is 5.11 Å². The number of benzene rings is 1. The Labute approximate surface area is 73.0 Å². The Kier molecular flexibility index (Phi) is 2.52. The van der Waals surface area contributed by atoms with E-state index in [0.717, 1.165) is 16.7 Å². The Morgan fingerprint density at radius 3 is 2.75 bits per heavy atom. The topological polar surface area (TPSA) is 20.2 Å². The van der Waals surface area contributed by atoms with Gasteiger partial charge in [0.1, 0.15) is 6.10 Å². The molecule has 61 valence electrons. The maximum absolute atomic E-state index is 9.43. The molecule has 0 saturated heterocycles. The van der Waals surface area contributed by atoms with Gasteiger partial charge in [-0.05, 0) is 36.6 Å². The van der Waals surface area contributed by atoms with Crippen molar-refractivity contribution in [2.45, 2.75) is 20.0 Å². The third kappa shape index (κ3) is 1.49. The molecule has 0 heterocycles. The lowest BCUT2D eigenvalue weighted by Crippen LogP contribution is -1.99. The molecule has 0 aliphatic heterocycles. The average molecular weight is 159 g/mol. The van der Waals surface area contributed by atoms with Crippen LogP contribution in [0.2, 0.25) is 0 Å². The van der Waals surface area contributed by atoms with Gasteiger partial charge in [-0.3, -0.25) is 0 Å². The van der Waals surface area contributed by atoms with E-state index in [2.05, 4.69) is 12.0 Å². The van der Waals surface area contributed by atoms with Gasteiger partial charge in [0.25, 0.3) is 0 Å². The van der Waals surface area contributed by atoms with Crippen molar-refractivity contribution in [1.82, 2.24) is 0 Å². The van der Waals surface area contributed by atoms with Crippen LogP contribution in [0.5, 0.6) is 0 Å². The average Bonchev–Trinajstić information content (AvgIpc) is 2.03. The van der Waals surface area contributed by atoms with Gasteiger partial charge >= 0.3 is 0 Å². The fourth-order valence-electron chi connectivity index (χ4n) is 1.26. The molecular weight excluding hydrogens is 148 g/mol. The number of hydrogen-bond donors (Lipinski definition) is 1. The van der Waals surface area contributed by atoms with E-state index in [9.17, 15) is 5.11 Å². The summed E-state index contributed by atoms with van der Waals surface area (Å²) in [6, 6.07) is 6.72. The summed E-state index contributed by atoms with van der Waals surface area (Å²) < 4.78 is 0. The van der Waals surface area contributed by atoms with E-state index < -0.39 is 6.10 Å². The minimum Gasteiger partial charge on any atom is -0.376 e. The molecule has 0 spiro atoms. The smallest absolute Gasteiger partial charge is 0.140 e. The minimum absolute atomic E-state index is 0.803. The summed E-state index contributed by atoms with van der Waals surface area (Å²) in [6.45, 7) is 3.82. The Balaban J connectivity index is 3.23. The molecule has 0 saturated carbocycles. The predicted molar refractivity (Wildman–Crippen MR) is 48.5 cm³/mol. The van der Waals surface area contributed by atoms with Gasteiger partial charge < -0.3 is 5.11 Å². The maximum Gasteiger partial charge on any atom is 0.140 e. The molecule has 1 nitrogen and oxygen atoms in total. The summed E-state index contributed by atoms with van der Waals surface area (Å²) in [5.74, 6) is 2.30. The molecule has 0 aromatic heterocycles. The third-order valence-electron chi connectivity index (χ3n) is 1.89. The van der Waals surface area contributed by atoms with E-state index in [4.69, 9.17) is 6.42 Å². The third-order valence-corrected chi connectivity index (χ3v) is 1.89. The highest BCUT2D eigenvalue weighted by Gasteiger charge is 2.09. The van der Waals surface area contributed by atoms with E-state index in [0.29, 0.717) is 0 Å². The van der Waals surface area contributed by atoms with Gasteiger partial charge in [-0.15, -0.1) is 6.42 Å². The molecule has 1 N–H and O–H groups in total. The first kappa shape index (κ1) is 8.83. The summed E-state index contributed by atoms with van der Waals surface area (Å²) in [5.41, 5.74) is 2.73. The van der Waals surface area contributed by atoms with E-state index in [1.165, 1.54) is 0 Å². The number of aliphatic hydroxyl groups excluding tert-OH is 1. The number of rotatable bonds is 1. The van der Waals surface area contributed by atoms with Crippen LogP contribution in [0.25, 0.3) is 0 Å². The molecule has 1 atom stereocenters. The normalized spacial score (nSPS) is 12.2. The summed E-state index contributed by atoms with van der Waals surface area (Å²) in [6.07, 6.45) is 4.32. The summed E-state index contributed by atoms with van der Waals surface area (Å²) in [5, 5.41) is 9.43. The molecule has 0 aliphatic carbocycles. The van der Waals surface area contributed by atoms with Crippen LogP contribution in [-0.2, 0) is 0 Å². The lowest BCUT2D eigenvalue weighted by Gasteiger charge is -2.10. The van der Waals surface area contributed by atoms with Crippen molar-refractivity contribution in [3.05, 3.63) is 34.9 Å². The van der Waals surface area contributed by atoms with Gasteiger partial charge in [0.15, 0.2) is 0 Å². The predicted octanol–water partition coefficient (Wildman–Crippen LogP) is 1.77. The SMILES string of the molecule is C#CC(O)c1c(C)[c]ccc1C. The van der Waals surface area contributed by atoms with Crippen molar-refractivity contribution < 1.29 is 5.11 Å². The molecule has 0 bridgehead atoms. The van der Waals surface area contributed by atoms with Gasteiger partial charge in [0.2, 0.25) is 0 Å². The second-order valence-electron chi connectivity index (χ2n) is 2.77. The zero-order valence-corrected chi connectivity index (χ0v) is 7.26. The second-order valence-corrected chi connectivity index (χ2v) is 2.77. The molecule has 0 fully saturated rings. The van der Waals surface area contributed by atoms with Gasteiger partial charge in [-0.25, -0.2) is 0 Å². The van der Waals surface area contributed by atoms with Gasteiger partial charge in [-0.1, -0.05) is 18.1 Å². The van der Waals surface area contributed by atoms with Crippen molar-refractivity contribution in [2.75, 3.05) is 0 Å². The van der Waals surface area contributed by atoms with E-state index in [-0.39, 0.29) is 0 Å². The first-order valence-electron chi connectivity index (χ1n) is 3.78. The highest BCUT2D eigenvalue weighted by Crippen LogP contribution is 2.20. The first-order chi connectivity index (χ1) is 5.66. The molecule has 1 unspecified atom stereocenters. The largest absolute Gasteiger partial charge is 0.376 e. The number of aryl methyl sites for hydroxylation is 2. The molecular formula is C11H11O. The van der Waals surface area contributed by atoms with Gasteiger partial charge in [-0.2, -0.15) is 0 Å². The first-order valence-corrected chi connectivity index (χ1v) is 3.78. The second kappa shape index (κ2) is 3.42. The van der Waals surface area contributed by atoms with Crippen LogP contribution < -0.4 is 0 Å². The highest BCUT2D eigenvalue weighted by atomic mass is 16.3. The molecule has 1 aromatic carbocycles. The quantitative estimate of drug-likeness (QED) is 0.619. The van der Waals surface area contributed by atoms with Crippen LogP contribution in [0.1, 0.15) is 22.8 Å².